The lowest BCUT2D eigenvalue weighted by Gasteiger charge is -2.67. The normalized spacial score (nSPS) is 32.2. The number of alkyl halides is 1. The lowest BCUT2D eigenvalue weighted by Crippen LogP contribution is -2.69. The third-order valence-corrected chi connectivity index (χ3v) is 6.38. The molecule has 1 aromatic rings. The van der Waals surface area contributed by atoms with Crippen LogP contribution in [0.3, 0.4) is 0 Å². The van der Waals surface area contributed by atoms with Crippen molar-refractivity contribution in [3.05, 3.63) is 35.9 Å². The van der Waals surface area contributed by atoms with E-state index in [1.54, 1.807) is 0 Å². The van der Waals surface area contributed by atoms with Crippen molar-refractivity contribution in [2.75, 3.05) is 19.6 Å². The summed E-state index contributed by atoms with van der Waals surface area (Å²) in [6.45, 7) is 9.16. The van der Waals surface area contributed by atoms with Crippen molar-refractivity contribution in [1.29, 1.82) is 0 Å². The highest BCUT2D eigenvalue weighted by atomic mass is 19.1. The summed E-state index contributed by atoms with van der Waals surface area (Å²) in [5.41, 5.74) is -0.168. The average Bonchev–Trinajstić information content (AvgIpc) is 2.56. The third kappa shape index (κ3) is 4.19. The molecular weight excluding hydrogens is 355 g/mol. The standard InChI is InChI=1S/C23H33FN2O2/c1-21(2,3)28-20(27)26(17-22-14-23(24,15-22)16-22)19-10-7-11-25(13-19)12-18-8-5-4-6-9-18/h4-6,8-9,19H,7,10-17H2,1-3H3/t19-,22?,23?/m1/s1. The van der Waals surface area contributed by atoms with Crippen LogP contribution in [0.25, 0.3) is 0 Å². The first-order valence-electron chi connectivity index (χ1n) is 10.6. The van der Waals surface area contributed by atoms with E-state index >= 15 is 0 Å². The lowest BCUT2D eigenvalue weighted by molar-refractivity contribution is -0.222. The first kappa shape index (κ1) is 19.7. The van der Waals surface area contributed by atoms with Crippen LogP contribution < -0.4 is 0 Å². The Balaban J connectivity index is 1.44. The van der Waals surface area contributed by atoms with E-state index in [2.05, 4.69) is 29.2 Å². The zero-order valence-electron chi connectivity index (χ0n) is 17.4. The van der Waals surface area contributed by atoms with Gasteiger partial charge in [0.1, 0.15) is 11.3 Å². The molecule has 1 saturated heterocycles. The number of carbonyl (C=O) groups is 1. The van der Waals surface area contributed by atoms with E-state index in [0.29, 0.717) is 25.8 Å². The molecular formula is C23H33FN2O2. The van der Waals surface area contributed by atoms with Gasteiger partial charge in [0.05, 0.1) is 0 Å². The Kier molecular flexibility index (Phi) is 4.93. The van der Waals surface area contributed by atoms with Crippen LogP contribution in [0.15, 0.2) is 30.3 Å². The molecule has 4 aliphatic rings. The molecule has 0 radical (unpaired) electrons. The average molecular weight is 389 g/mol. The van der Waals surface area contributed by atoms with Crippen molar-refractivity contribution in [3.8, 4) is 0 Å². The highest BCUT2D eigenvalue weighted by molar-refractivity contribution is 5.69. The highest BCUT2D eigenvalue weighted by Crippen LogP contribution is 2.69. The number of likely N-dealkylation sites (tertiary alicyclic amines) is 1. The van der Waals surface area contributed by atoms with E-state index in [1.807, 2.05) is 31.7 Å². The van der Waals surface area contributed by atoms with Crippen LogP contribution >= 0.6 is 0 Å². The van der Waals surface area contributed by atoms with E-state index in [4.69, 9.17) is 4.74 Å². The predicted octanol–water partition coefficient (Wildman–Crippen LogP) is 4.78. The van der Waals surface area contributed by atoms with E-state index in [-0.39, 0.29) is 17.6 Å². The van der Waals surface area contributed by atoms with E-state index in [9.17, 15) is 9.18 Å². The van der Waals surface area contributed by atoms with Gasteiger partial charge in [0, 0.05) is 25.7 Å². The summed E-state index contributed by atoms with van der Waals surface area (Å²) in [5.74, 6) is 0. The molecule has 0 N–H and O–H groups in total. The minimum Gasteiger partial charge on any atom is -0.444 e. The SMILES string of the molecule is CC(C)(C)OC(=O)N(CC12CC(F)(C1)C2)[C@@H]1CCCN(Cc2ccccc2)C1. The number of carbonyl (C=O) groups excluding carboxylic acids is 1. The van der Waals surface area contributed by atoms with Gasteiger partial charge in [-0.2, -0.15) is 0 Å². The van der Waals surface area contributed by atoms with Gasteiger partial charge in [0.25, 0.3) is 0 Å². The summed E-state index contributed by atoms with van der Waals surface area (Å²) in [6, 6.07) is 10.6. The smallest absolute Gasteiger partial charge is 0.410 e. The maximum absolute atomic E-state index is 14.0. The van der Waals surface area contributed by atoms with Gasteiger partial charge in [-0.3, -0.25) is 4.90 Å². The maximum atomic E-state index is 14.0. The number of ether oxygens (including phenoxy) is 1. The van der Waals surface area contributed by atoms with Crippen LogP contribution in [0.5, 0.6) is 0 Å². The fourth-order valence-electron chi connectivity index (χ4n) is 5.32. The number of nitrogens with zero attached hydrogens (tertiary/aromatic N) is 2. The van der Waals surface area contributed by atoms with Crippen LogP contribution in [0.2, 0.25) is 0 Å². The number of benzene rings is 1. The highest BCUT2D eigenvalue weighted by Gasteiger charge is 2.69. The van der Waals surface area contributed by atoms with E-state index in [1.165, 1.54) is 5.56 Å². The van der Waals surface area contributed by atoms with Gasteiger partial charge in [-0.15, -0.1) is 0 Å². The second-order valence-electron chi connectivity index (χ2n) is 10.3. The zero-order valence-corrected chi connectivity index (χ0v) is 17.4. The molecule has 4 nitrogen and oxygen atoms in total. The number of halogens is 1. The van der Waals surface area contributed by atoms with Crippen molar-refractivity contribution in [2.24, 2.45) is 5.41 Å². The molecule has 1 amide bonds. The summed E-state index contributed by atoms with van der Waals surface area (Å²) >= 11 is 0. The minimum absolute atomic E-state index is 0.00659. The van der Waals surface area contributed by atoms with Crippen LogP contribution in [0.4, 0.5) is 9.18 Å². The van der Waals surface area contributed by atoms with Crippen molar-refractivity contribution >= 4 is 6.09 Å². The molecule has 0 spiro atoms. The number of piperidine rings is 1. The second-order valence-corrected chi connectivity index (χ2v) is 10.3. The van der Waals surface area contributed by atoms with Gasteiger partial charge in [-0.1, -0.05) is 30.3 Å². The van der Waals surface area contributed by atoms with Crippen LogP contribution in [0, 0.1) is 5.41 Å². The minimum atomic E-state index is -0.939. The van der Waals surface area contributed by atoms with Crippen molar-refractivity contribution < 1.29 is 13.9 Å². The molecule has 3 saturated carbocycles. The summed E-state index contributed by atoms with van der Waals surface area (Å²) in [4.78, 5) is 17.4. The van der Waals surface area contributed by atoms with Crippen LogP contribution in [-0.2, 0) is 11.3 Å². The first-order valence-corrected chi connectivity index (χ1v) is 10.6. The van der Waals surface area contributed by atoms with Gasteiger partial charge in [-0.05, 0) is 70.4 Å². The van der Waals surface area contributed by atoms with E-state index < -0.39 is 11.3 Å². The quantitative estimate of drug-likeness (QED) is 0.728. The number of hydrogen-bond donors (Lipinski definition) is 0. The fraction of sp³-hybridized carbons (Fsp3) is 0.696. The maximum Gasteiger partial charge on any atom is 0.410 e. The Morgan fingerprint density at radius 1 is 1.25 bits per heavy atom. The number of rotatable bonds is 5. The molecule has 1 heterocycles. The van der Waals surface area contributed by atoms with Gasteiger partial charge in [0.15, 0.2) is 0 Å². The van der Waals surface area contributed by atoms with Crippen LogP contribution in [-0.4, -0.2) is 52.8 Å². The Morgan fingerprint density at radius 3 is 2.54 bits per heavy atom. The van der Waals surface area contributed by atoms with Gasteiger partial charge < -0.3 is 9.64 Å². The molecule has 28 heavy (non-hydrogen) atoms. The van der Waals surface area contributed by atoms with Crippen molar-refractivity contribution in [2.45, 2.75) is 76.7 Å². The molecule has 2 bridgehead atoms. The van der Waals surface area contributed by atoms with Crippen LogP contribution in [0.1, 0.15) is 58.4 Å². The summed E-state index contributed by atoms with van der Waals surface area (Å²) in [6.07, 6.45) is 3.65. The lowest BCUT2D eigenvalue weighted by atomic mass is 9.42. The molecule has 4 fully saturated rings. The summed E-state index contributed by atoms with van der Waals surface area (Å²) in [5, 5.41) is 0. The van der Waals surface area contributed by atoms with E-state index in [0.717, 1.165) is 32.5 Å². The second kappa shape index (κ2) is 7.01. The molecule has 3 aliphatic carbocycles. The van der Waals surface area contributed by atoms with Crippen molar-refractivity contribution in [1.82, 2.24) is 9.80 Å². The number of amides is 1. The predicted molar refractivity (Wildman–Crippen MR) is 108 cm³/mol. The fourth-order valence-corrected chi connectivity index (χ4v) is 5.32. The molecule has 5 heteroatoms. The summed E-state index contributed by atoms with van der Waals surface area (Å²) < 4.78 is 19.8. The van der Waals surface area contributed by atoms with Gasteiger partial charge in [-0.25, -0.2) is 9.18 Å². The third-order valence-electron chi connectivity index (χ3n) is 6.38. The molecule has 1 aliphatic heterocycles. The molecule has 1 atom stereocenters. The summed E-state index contributed by atoms with van der Waals surface area (Å²) in [7, 11) is 0. The van der Waals surface area contributed by atoms with Crippen molar-refractivity contribution in [3.63, 3.8) is 0 Å². The Morgan fingerprint density at radius 2 is 1.93 bits per heavy atom. The van der Waals surface area contributed by atoms with Gasteiger partial charge >= 0.3 is 6.09 Å². The monoisotopic (exact) mass is 388 g/mol. The molecule has 0 aromatic heterocycles. The molecule has 154 valence electrons. The zero-order chi connectivity index (χ0) is 20.0. The topological polar surface area (TPSA) is 32.8 Å². The number of hydrogen-bond acceptors (Lipinski definition) is 3. The molecule has 0 unspecified atom stereocenters. The largest absolute Gasteiger partial charge is 0.444 e. The Hall–Kier alpha value is -1.62. The molecule has 1 aromatic carbocycles. The molecule has 5 rings (SSSR count). The Bertz CT molecular complexity index is 695. The first-order chi connectivity index (χ1) is 13.2. The Labute approximate surface area is 168 Å². The van der Waals surface area contributed by atoms with Gasteiger partial charge in [0.2, 0.25) is 0 Å².